The molecule has 0 atom stereocenters. The molecular formula is C6H15NOSi. The van der Waals surface area contributed by atoms with Gasteiger partial charge in [-0.25, -0.2) is 5.26 Å². The van der Waals surface area contributed by atoms with Crippen LogP contribution in [0.2, 0.25) is 0 Å². The SMILES string of the molecule is C#N.CCCCCO[SiH3]. The first-order chi connectivity index (χ1) is 4.41. The highest BCUT2D eigenvalue weighted by Crippen LogP contribution is 1.91. The number of nitrogens with zero attached hydrogens (tertiary/aromatic N) is 1. The molecular weight excluding hydrogens is 130 g/mol. The summed E-state index contributed by atoms with van der Waals surface area (Å²) >= 11 is 0. The van der Waals surface area contributed by atoms with E-state index < -0.39 is 0 Å². The lowest BCUT2D eigenvalue weighted by molar-refractivity contribution is 0.335. The van der Waals surface area contributed by atoms with Gasteiger partial charge in [0.15, 0.2) is 0 Å². The topological polar surface area (TPSA) is 33.0 Å². The fraction of sp³-hybridized carbons (Fsp3) is 0.833. The van der Waals surface area contributed by atoms with Crippen molar-refractivity contribution in [2.24, 2.45) is 0 Å². The van der Waals surface area contributed by atoms with Crippen LogP contribution in [0.25, 0.3) is 0 Å². The van der Waals surface area contributed by atoms with Gasteiger partial charge in [-0.2, -0.15) is 0 Å². The summed E-state index contributed by atoms with van der Waals surface area (Å²) in [5.74, 6) is 0. The summed E-state index contributed by atoms with van der Waals surface area (Å²) < 4.78 is 4.98. The number of hydrogen-bond acceptors (Lipinski definition) is 2. The van der Waals surface area contributed by atoms with Gasteiger partial charge in [0.2, 0.25) is 0 Å². The van der Waals surface area contributed by atoms with Gasteiger partial charge in [-0.3, -0.25) is 0 Å². The van der Waals surface area contributed by atoms with Crippen LogP contribution in [0.15, 0.2) is 0 Å². The van der Waals surface area contributed by atoms with Gasteiger partial charge < -0.3 is 4.43 Å². The Kier molecular flexibility index (Phi) is 19.9. The molecule has 0 fully saturated rings. The smallest absolute Gasteiger partial charge is 0.145 e. The van der Waals surface area contributed by atoms with Gasteiger partial charge in [-0.1, -0.05) is 19.8 Å². The molecule has 0 aliphatic carbocycles. The van der Waals surface area contributed by atoms with E-state index in [0.717, 1.165) is 17.1 Å². The van der Waals surface area contributed by atoms with Crippen molar-refractivity contribution < 1.29 is 4.43 Å². The predicted molar refractivity (Wildman–Crippen MR) is 42.1 cm³/mol. The highest BCUT2D eigenvalue weighted by atomic mass is 28.2. The normalized spacial score (nSPS) is 7.89. The summed E-state index contributed by atoms with van der Waals surface area (Å²) in [5.41, 5.74) is 0. The Morgan fingerprint density at radius 3 is 2.33 bits per heavy atom. The lowest BCUT2D eigenvalue weighted by atomic mass is 10.3. The molecule has 3 heteroatoms. The minimum absolute atomic E-state index is 0.906. The molecule has 0 amide bonds. The van der Waals surface area contributed by atoms with Crippen LogP contribution in [0.1, 0.15) is 26.2 Å². The summed E-state index contributed by atoms with van der Waals surface area (Å²) in [5, 5.41) is 6.50. The van der Waals surface area contributed by atoms with E-state index in [2.05, 4.69) is 13.5 Å². The average molecular weight is 145 g/mol. The van der Waals surface area contributed by atoms with Crippen LogP contribution in [-0.2, 0) is 4.43 Å². The lowest BCUT2D eigenvalue weighted by Crippen LogP contribution is -1.87. The van der Waals surface area contributed by atoms with Crippen molar-refractivity contribution in [2.45, 2.75) is 26.2 Å². The van der Waals surface area contributed by atoms with Crippen LogP contribution >= 0.6 is 0 Å². The third-order valence-corrected chi connectivity index (χ3v) is 1.36. The fourth-order valence-electron chi connectivity index (χ4n) is 0.496. The van der Waals surface area contributed by atoms with Gasteiger partial charge in [-0.05, 0) is 6.42 Å². The molecule has 0 aromatic rings. The molecule has 0 saturated carbocycles. The molecule has 0 radical (unpaired) electrons. The zero-order valence-electron chi connectivity index (χ0n) is 6.26. The molecule has 0 heterocycles. The Bertz CT molecular complexity index is 52.3. The van der Waals surface area contributed by atoms with E-state index in [1.807, 2.05) is 0 Å². The Labute approximate surface area is 60.4 Å². The van der Waals surface area contributed by atoms with E-state index in [1.165, 1.54) is 19.3 Å². The number of nitriles is 1. The summed E-state index contributed by atoms with van der Waals surface area (Å²) in [6.45, 7) is 6.69. The van der Waals surface area contributed by atoms with E-state index in [0.29, 0.717) is 0 Å². The molecule has 0 saturated heterocycles. The zero-order valence-corrected chi connectivity index (χ0v) is 8.26. The minimum atomic E-state index is 0.906. The van der Waals surface area contributed by atoms with Crippen LogP contribution in [0.3, 0.4) is 0 Å². The van der Waals surface area contributed by atoms with Crippen LogP contribution in [0.4, 0.5) is 0 Å². The highest BCUT2D eigenvalue weighted by Gasteiger charge is 1.79. The lowest BCUT2D eigenvalue weighted by Gasteiger charge is -1.93. The molecule has 0 bridgehead atoms. The third kappa shape index (κ3) is 18.3. The number of rotatable bonds is 4. The average Bonchev–Trinajstić information content (AvgIpc) is 1.94. The van der Waals surface area contributed by atoms with Crippen LogP contribution < -0.4 is 0 Å². The third-order valence-electron chi connectivity index (χ3n) is 0.952. The molecule has 9 heavy (non-hydrogen) atoms. The van der Waals surface area contributed by atoms with Crippen molar-refractivity contribution in [1.82, 2.24) is 0 Å². The minimum Gasteiger partial charge on any atom is -0.428 e. The number of unbranched alkanes of at least 4 members (excludes halogenated alkanes) is 2. The van der Waals surface area contributed by atoms with Gasteiger partial charge in [0.1, 0.15) is 10.5 Å². The molecule has 0 N–H and O–H groups in total. The zero-order chi connectivity index (χ0) is 7.54. The molecule has 0 aromatic carbocycles. The van der Waals surface area contributed by atoms with Crippen LogP contribution in [-0.4, -0.2) is 17.1 Å². The van der Waals surface area contributed by atoms with Crippen molar-refractivity contribution in [2.75, 3.05) is 6.61 Å². The predicted octanol–water partition coefficient (Wildman–Crippen LogP) is 0.613. The highest BCUT2D eigenvalue weighted by molar-refractivity contribution is 5.97. The summed E-state index contributed by atoms with van der Waals surface area (Å²) in [7, 11) is 0.906. The quantitative estimate of drug-likeness (QED) is 0.429. The Morgan fingerprint density at radius 2 is 2.00 bits per heavy atom. The Morgan fingerprint density at radius 1 is 1.44 bits per heavy atom. The second-order valence-corrected chi connectivity index (χ2v) is 2.28. The Balaban J connectivity index is 0. The van der Waals surface area contributed by atoms with E-state index in [1.54, 1.807) is 0 Å². The molecule has 0 spiro atoms. The van der Waals surface area contributed by atoms with Crippen LogP contribution in [0.5, 0.6) is 0 Å². The molecule has 0 rings (SSSR count). The molecule has 54 valence electrons. The molecule has 0 aromatic heterocycles. The second kappa shape index (κ2) is 15.6. The van der Waals surface area contributed by atoms with Crippen molar-refractivity contribution in [1.29, 1.82) is 5.26 Å². The largest absolute Gasteiger partial charge is 0.428 e. The summed E-state index contributed by atoms with van der Waals surface area (Å²) in [4.78, 5) is 0. The standard InChI is InChI=1S/C5H14OSi.CHN/c1-2-3-4-5-6-7;1-2/h2-5H2,1,7H3;1H. The van der Waals surface area contributed by atoms with Gasteiger partial charge >= 0.3 is 0 Å². The van der Waals surface area contributed by atoms with Gasteiger partial charge in [0.25, 0.3) is 0 Å². The van der Waals surface area contributed by atoms with Crippen molar-refractivity contribution in [3.63, 3.8) is 0 Å². The number of hydrogen-bond donors (Lipinski definition) is 0. The van der Waals surface area contributed by atoms with E-state index in [9.17, 15) is 0 Å². The van der Waals surface area contributed by atoms with Gasteiger partial charge in [0, 0.05) is 13.2 Å². The first-order valence-corrected chi connectivity index (χ1v) is 3.98. The summed E-state index contributed by atoms with van der Waals surface area (Å²) in [6, 6.07) is 0. The maximum absolute atomic E-state index is 6.50. The second-order valence-electron chi connectivity index (χ2n) is 1.70. The molecule has 0 aliphatic heterocycles. The fourth-order valence-corrected chi connectivity index (χ4v) is 0.785. The van der Waals surface area contributed by atoms with Crippen LogP contribution in [0, 0.1) is 11.8 Å². The molecule has 2 nitrogen and oxygen atoms in total. The van der Waals surface area contributed by atoms with E-state index >= 15 is 0 Å². The maximum Gasteiger partial charge on any atom is 0.145 e. The first kappa shape index (κ1) is 11.5. The first-order valence-electron chi connectivity index (χ1n) is 3.16. The molecule has 0 aliphatic rings. The van der Waals surface area contributed by atoms with Crippen molar-refractivity contribution in [3.05, 3.63) is 0 Å². The van der Waals surface area contributed by atoms with Gasteiger partial charge in [-0.15, -0.1) is 0 Å². The molecule has 0 unspecified atom stereocenters. The maximum atomic E-state index is 6.50. The van der Waals surface area contributed by atoms with Crippen molar-refractivity contribution in [3.8, 4) is 6.57 Å². The Hall–Kier alpha value is -0.333. The van der Waals surface area contributed by atoms with E-state index in [4.69, 9.17) is 9.69 Å². The van der Waals surface area contributed by atoms with Crippen molar-refractivity contribution >= 4 is 10.5 Å². The van der Waals surface area contributed by atoms with Gasteiger partial charge in [0.05, 0.1) is 0 Å². The monoisotopic (exact) mass is 145 g/mol. The van der Waals surface area contributed by atoms with E-state index in [-0.39, 0.29) is 0 Å². The summed E-state index contributed by atoms with van der Waals surface area (Å²) in [6.07, 6.45) is 3.87.